The Balaban J connectivity index is 2.49. The highest BCUT2D eigenvalue weighted by atomic mass is 16.6. The van der Waals surface area contributed by atoms with Crippen molar-refractivity contribution in [3.63, 3.8) is 0 Å². The van der Waals surface area contributed by atoms with Crippen LogP contribution in [0.1, 0.15) is 6.92 Å². The van der Waals surface area contributed by atoms with Crippen LogP contribution in [0.5, 0.6) is 0 Å². The Morgan fingerprint density at radius 1 is 1.25 bits per heavy atom. The lowest BCUT2D eigenvalue weighted by atomic mass is 9.93. The van der Waals surface area contributed by atoms with Crippen molar-refractivity contribution in [3.05, 3.63) is 0 Å². The average molecular weight is 232 g/mol. The van der Waals surface area contributed by atoms with Crippen LogP contribution in [0.25, 0.3) is 0 Å². The summed E-state index contributed by atoms with van der Waals surface area (Å²) < 4.78 is 21.7. The van der Waals surface area contributed by atoms with Crippen molar-refractivity contribution < 1.29 is 24.1 Å². The number of ether oxygens (including phenoxy) is 4. The van der Waals surface area contributed by atoms with E-state index in [0.717, 1.165) is 0 Å². The van der Waals surface area contributed by atoms with Gasteiger partial charge < -0.3 is 24.1 Å². The van der Waals surface area contributed by atoms with E-state index in [2.05, 4.69) is 0 Å². The Labute approximate surface area is 97.4 Å². The van der Waals surface area contributed by atoms with E-state index in [-0.39, 0.29) is 30.9 Å². The summed E-state index contributed by atoms with van der Waals surface area (Å²) in [5, 5.41) is 9.18. The molecule has 0 aromatic rings. The second kappa shape index (κ2) is 7.24. The van der Waals surface area contributed by atoms with Crippen molar-refractivity contribution in [2.24, 2.45) is 0 Å². The van der Waals surface area contributed by atoms with Crippen LogP contribution in [0.4, 0.5) is 0 Å². The molecule has 1 rings (SSSR count). The number of hydrogen-bond donors (Lipinski definition) is 1. The van der Waals surface area contributed by atoms with Crippen LogP contribution in [0, 0.1) is 0 Å². The fourth-order valence-corrected chi connectivity index (χ4v) is 1.95. The molecule has 1 aliphatic rings. The van der Waals surface area contributed by atoms with Gasteiger partial charge in [0.25, 0.3) is 0 Å². The quantitative estimate of drug-likeness (QED) is 0.440. The van der Waals surface area contributed by atoms with E-state index in [1.807, 2.05) is 14.8 Å². The van der Waals surface area contributed by atoms with Crippen LogP contribution >= 0.6 is 0 Å². The molecule has 1 saturated heterocycles. The molecule has 1 N–H and O–H groups in total. The minimum atomic E-state index is -0.289. The highest BCUT2D eigenvalue weighted by Crippen LogP contribution is 2.24. The van der Waals surface area contributed by atoms with Gasteiger partial charge in [-0.15, -0.1) is 0 Å². The Bertz CT molecular complexity index is 192. The summed E-state index contributed by atoms with van der Waals surface area (Å²) in [4.78, 5) is 0. The van der Waals surface area contributed by atoms with Crippen molar-refractivity contribution in [2.45, 2.75) is 31.2 Å². The zero-order valence-electron chi connectivity index (χ0n) is 10.2. The predicted molar refractivity (Wildman–Crippen MR) is 61.3 cm³/mol. The summed E-state index contributed by atoms with van der Waals surface area (Å²) in [5.41, 5.74) is 0. The number of aliphatic hydroxyl groups is 1. The molecule has 4 atom stereocenters. The van der Waals surface area contributed by atoms with Crippen molar-refractivity contribution in [1.29, 1.82) is 0 Å². The topological polar surface area (TPSA) is 57.2 Å². The van der Waals surface area contributed by atoms with E-state index in [1.54, 1.807) is 7.11 Å². The molecule has 0 amide bonds. The highest BCUT2D eigenvalue weighted by molar-refractivity contribution is 6.11. The zero-order valence-corrected chi connectivity index (χ0v) is 10.2. The van der Waals surface area contributed by atoms with Gasteiger partial charge in [-0.1, -0.05) is 0 Å². The predicted octanol–water partition coefficient (Wildman–Crippen LogP) is -1.23. The van der Waals surface area contributed by atoms with Crippen LogP contribution in [-0.2, 0) is 18.9 Å². The van der Waals surface area contributed by atoms with Gasteiger partial charge in [0.1, 0.15) is 26.2 Å². The number of hydrogen-bond acceptors (Lipinski definition) is 5. The SMILES string of the molecule is BC1OC(CO)C(OCC)C1OCCOC. The number of aliphatic hydroxyl groups excluding tert-OH is 1. The standard InChI is InChI=1S/C10H21BO5/c1-3-14-8-7(6-12)16-10(11)9(8)15-5-4-13-2/h7-10,12H,3-6,11H2,1-2H3. The summed E-state index contributed by atoms with van der Waals surface area (Å²) in [7, 11) is 3.56. The lowest BCUT2D eigenvalue weighted by Gasteiger charge is -2.23. The summed E-state index contributed by atoms with van der Waals surface area (Å²) >= 11 is 0. The van der Waals surface area contributed by atoms with E-state index in [9.17, 15) is 5.11 Å². The van der Waals surface area contributed by atoms with E-state index < -0.39 is 0 Å². The molecule has 4 unspecified atom stereocenters. The monoisotopic (exact) mass is 232 g/mol. The van der Waals surface area contributed by atoms with E-state index in [4.69, 9.17) is 18.9 Å². The van der Waals surface area contributed by atoms with Crippen molar-refractivity contribution in [1.82, 2.24) is 0 Å². The first-order chi connectivity index (χ1) is 7.74. The average Bonchev–Trinajstić information content (AvgIpc) is 2.57. The van der Waals surface area contributed by atoms with Gasteiger partial charge in [-0.2, -0.15) is 0 Å². The Morgan fingerprint density at radius 3 is 2.56 bits per heavy atom. The fourth-order valence-electron chi connectivity index (χ4n) is 1.95. The normalized spacial score (nSPS) is 34.4. The summed E-state index contributed by atoms with van der Waals surface area (Å²) in [6.45, 7) is 3.52. The molecular formula is C10H21BO5. The smallest absolute Gasteiger partial charge is 0.142 e. The molecular weight excluding hydrogens is 211 g/mol. The highest BCUT2D eigenvalue weighted by Gasteiger charge is 2.43. The maximum Gasteiger partial charge on any atom is 0.142 e. The zero-order chi connectivity index (χ0) is 12.0. The second-order valence-corrected chi connectivity index (χ2v) is 3.81. The minimum Gasteiger partial charge on any atom is -0.394 e. The van der Waals surface area contributed by atoms with Crippen LogP contribution in [0.15, 0.2) is 0 Å². The first-order valence-electron chi connectivity index (χ1n) is 5.73. The largest absolute Gasteiger partial charge is 0.394 e. The fraction of sp³-hybridized carbons (Fsp3) is 1.00. The van der Waals surface area contributed by atoms with Crippen molar-refractivity contribution in [3.8, 4) is 0 Å². The van der Waals surface area contributed by atoms with Crippen molar-refractivity contribution >= 4 is 7.85 Å². The molecule has 0 aromatic carbocycles. The van der Waals surface area contributed by atoms with Gasteiger partial charge in [0.05, 0.1) is 25.8 Å². The van der Waals surface area contributed by atoms with Gasteiger partial charge in [0.15, 0.2) is 0 Å². The maximum absolute atomic E-state index is 9.18. The van der Waals surface area contributed by atoms with Crippen LogP contribution in [0.3, 0.4) is 0 Å². The summed E-state index contributed by atoms with van der Waals surface area (Å²) in [5.74, 6) is 0. The minimum absolute atomic E-state index is 0.0425. The Hall–Kier alpha value is -0.135. The van der Waals surface area contributed by atoms with Crippen LogP contribution in [-0.4, -0.2) is 70.8 Å². The van der Waals surface area contributed by atoms with Gasteiger partial charge in [-0.3, -0.25) is 0 Å². The lowest BCUT2D eigenvalue weighted by Crippen LogP contribution is -2.39. The molecule has 1 heterocycles. The van der Waals surface area contributed by atoms with E-state index in [1.165, 1.54) is 0 Å². The van der Waals surface area contributed by atoms with Gasteiger partial charge in [0.2, 0.25) is 0 Å². The third-order valence-electron chi connectivity index (χ3n) is 2.68. The van der Waals surface area contributed by atoms with Crippen LogP contribution in [0.2, 0.25) is 0 Å². The summed E-state index contributed by atoms with van der Waals surface area (Å²) in [6, 6.07) is -0.0643. The molecule has 6 heteroatoms. The molecule has 0 bridgehead atoms. The molecule has 0 aromatic heterocycles. The second-order valence-electron chi connectivity index (χ2n) is 3.81. The van der Waals surface area contributed by atoms with Gasteiger partial charge in [-0.25, -0.2) is 0 Å². The molecule has 16 heavy (non-hydrogen) atoms. The maximum atomic E-state index is 9.18. The third kappa shape index (κ3) is 3.43. The summed E-state index contributed by atoms with van der Waals surface area (Å²) in [6.07, 6.45) is -0.614. The lowest BCUT2D eigenvalue weighted by molar-refractivity contribution is -0.0737. The van der Waals surface area contributed by atoms with Gasteiger partial charge in [0, 0.05) is 13.7 Å². The molecule has 1 fully saturated rings. The Morgan fingerprint density at radius 2 is 2.00 bits per heavy atom. The van der Waals surface area contributed by atoms with Crippen LogP contribution < -0.4 is 0 Å². The first kappa shape index (κ1) is 13.9. The van der Waals surface area contributed by atoms with Gasteiger partial charge in [-0.05, 0) is 6.92 Å². The van der Waals surface area contributed by atoms with Crippen molar-refractivity contribution in [2.75, 3.05) is 33.5 Å². The molecule has 0 saturated carbocycles. The van der Waals surface area contributed by atoms with E-state index >= 15 is 0 Å². The molecule has 0 aliphatic carbocycles. The number of rotatable bonds is 7. The van der Waals surface area contributed by atoms with Gasteiger partial charge >= 0.3 is 0 Å². The third-order valence-corrected chi connectivity index (χ3v) is 2.68. The molecule has 0 radical (unpaired) electrons. The van der Waals surface area contributed by atoms with E-state index in [0.29, 0.717) is 19.8 Å². The Kier molecular flexibility index (Phi) is 6.30. The first-order valence-corrected chi connectivity index (χ1v) is 5.73. The molecule has 94 valence electrons. The molecule has 5 nitrogen and oxygen atoms in total. The number of methoxy groups -OCH3 is 1. The molecule has 0 spiro atoms. The molecule has 1 aliphatic heterocycles.